The van der Waals surface area contributed by atoms with Crippen LogP contribution in [0.25, 0.3) is 61.4 Å². The highest BCUT2D eigenvalue weighted by atomic mass is 16.5. The van der Waals surface area contributed by atoms with E-state index in [0.717, 1.165) is 72.6 Å². The largest absolute Gasteiger partial charge is 0.464 e. The maximum Gasteiger partial charge on any atom is 0.196 e. The fourth-order valence-electron chi connectivity index (χ4n) is 6.46. The lowest BCUT2D eigenvalue weighted by atomic mass is 10.1. The summed E-state index contributed by atoms with van der Waals surface area (Å²) in [5.74, 6) is 1.60. The molecule has 1 aliphatic rings. The zero-order chi connectivity index (χ0) is 30.5. The molecule has 0 amide bonds. The van der Waals surface area contributed by atoms with Crippen LogP contribution in [0.1, 0.15) is 11.8 Å². The summed E-state index contributed by atoms with van der Waals surface area (Å²) in [5.41, 5.74) is 10.3. The molecule has 0 aliphatic carbocycles. The van der Waals surface area contributed by atoms with E-state index in [1.807, 2.05) is 54.6 Å². The molecule has 46 heavy (non-hydrogen) atoms. The molecule has 6 aromatic carbocycles. The number of rotatable bonds is 5. The Morgan fingerprint density at radius 3 is 1.87 bits per heavy atom. The predicted octanol–water partition coefficient (Wildman–Crippen LogP) is 10.1. The molecule has 8 aromatic rings. The van der Waals surface area contributed by atoms with Gasteiger partial charge in [0.1, 0.15) is 0 Å². The van der Waals surface area contributed by atoms with Crippen LogP contribution in [0.15, 0.2) is 158 Å². The first-order chi connectivity index (χ1) is 22.8. The molecule has 2 aromatic heterocycles. The molecular weight excluding hydrogens is 564 g/mol. The van der Waals surface area contributed by atoms with Gasteiger partial charge in [-0.15, -0.1) is 0 Å². The molecule has 1 unspecified atom stereocenters. The maximum atomic E-state index is 6.60. The van der Waals surface area contributed by atoms with Crippen molar-refractivity contribution in [2.75, 3.05) is 5.32 Å². The minimum absolute atomic E-state index is 0.224. The Morgan fingerprint density at radius 1 is 0.543 bits per heavy atom. The Hall–Kier alpha value is -6.20. The molecular formula is C41H28N4O. The third-order valence-electron chi connectivity index (χ3n) is 8.66. The smallest absolute Gasteiger partial charge is 0.196 e. The quantitative estimate of drug-likeness (QED) is 0.216. The summed E-state index contributed by atoms with van der Waals surface area (Å²) in [6.07, 6.45) is -0.224. The first kappa shape index (κ1) is 26.2. The van der Waals surface area contributed by atoms with Crippen molar-refractivity contribution in [1.82, 2.24) is 14.5 Å². The van der Waals surface area contributed by atoms with Crippen molar-refractivity contribution in [2.45, 2.75) is 6.23 Å². The monoisotopic (exact) mass is 592 g/mol. The topological polar surface area (TPSA) is 52.0 Å². The van der Waals surface area contributed by atoms with Crippen LogP contribution in [0.5, 0.6) is 5.75 Å². The van der Waals surface area contributed by atoms with Crippen LogP contribution in [-0.4, -0.2) is 14.5 Å². The average molecular weight is 593 g/mol. The van der Waals surface area contributed by atoms with Crippen molar-refractivity contribution in [2.24, 2.45) is 0 Å². The van der Waals surface area contributed by atoms with Crippen molar-refractivity contribution in [1.29, 1.82) is 0 Å². The van der Waals surface area contributed by atoms with E-state index in [9.17, 15) is 0 Å². The van der Waals surface area contributed by atoms with E-state index in [1.54, 1.807) is 0 Å². The van der Waals surface area contributed by atoms with Crippen LogP contribution in [-0.2, 0) is 0 Å². The van der Waals surface area contributed by atoms with Crippen molar-refractivity contribution >= 4 is 27.5 Å². The Balaban J connectivity index is 1.15. The summed E-state index contributed by atoms with van der Waals surface area (Å²) in [7, 11) is 0. The zero-order valence-electron chi connectivity index (χ0n) is 24.8. The Morgan fingerprint density at radius 2 is 1.15 bits per heavy atom. The summed E-state index contributed by atoms with van der Waals surface area (Å²) < 4.78 is 8.92. The van der Waals surface area contributed by atoms with Crippen LogP contribution >= 0.6 is 0 Å². The van der Waals surface area contributed by atoms with E-state index in [-0.39, 0.29) is 6.23 Å². The molecule has 3 heterocycles. The van der Waals surface area contributed by atoms with Crippen LogP contribution in [0, 0.1) is 0 Å². The number of fused-ring (bicyclic) bond motifs is 5. The molecule has 1 atom stereocenters. The van der Waals surface area contributed by atoms with Crippen LogP contribution in [0.2, 0.25) is 0 Å². The normalized spacial score (nSPS) is 13.8. The number of nitrogens with one attached hydrogen (secondary N) is 1. The van der Waals surface area contributed by atoms with E-state index < -0.39 is 0 Å². The lowest BCUT2D eigenvalue weighted by Crippen LogP contribution is -2.09. The third-order valence-corrected chi connectivity index (χ3v) is 8.66. The number of nitrogens with zero attached hydrogens (tertiary/aromatic N) is 3. The fourth-order valence-corrected chi connectivity index (χ4v) is 6.46. The average Bonchev–Trinajstić information content (AvgIpc) is 3.72. The lowest BCUT2D eigenvalue weighted by Gasteiger charge is -2.11. The molecule has 0 fully saturated rings. The van der Waals surface area contributed by atoms with Crippen LogP contribution in [0.4, 0.5) is 5.69 Å². The van der Waals surface area contributed by atoms with Crippen molar-refractivity contribution in [3.8, 4) is 45.3 Å². The highest BCUT2D eigenvalue weighted by Crippen LogP contribution is 2.47. The molecule has 0 spiro atoms. The van der Waals surface area contributed by atoms with Gasteiger partial charge in [-0.1, -0.05) is 121 Å². The highest BCUT2D eigenvalue weighted by molar-refractivity contribution is 6.14. The zero-order valence-corrected chi connectivity index (χ0v) is 24.8. The van der Waals surface area contributed by atoms with E-state index >= 15 is 0 Å². The van der Waals surface area contributed by atoms with Gasteiger partial charge in [0.15, 0.2) is 17.8 Å². The van der Waals surface area contributed by atoms with Gasteiger partial charge in [-0.25, -0.2) is 9.97 Å². The number of hydrogen-bond donors (Lipinski definition) is 1. The molecule has 0 saturated heterocycles. The minimum Gasteiger partial charge on any atom is -0.464 e. The highest BCUT2D eigenvalue weighted by Gasteiger charge is 2.28. The second-order valence-corrected chi connectivity index (χ2v) is 11.5. The molecule has 1 aliphatic heterocycles. The molecule has 0 bridgehead atoms. The maximum absolute atomic E-state index is 6.60. The van der Waals surface area contributed by atoms with Gasteiger partial charge in [0.25, 0.3) is 0 Å². The van der Waals surface area contributed by atoms with Crippen molar-refractivity contribution in [3.63, 3.8) is 0 Å². The summed E-state index contributed by atoms with van der Waals surface area (Å²) in [5, 5.41) is 5.84. The van der Waals surface area contributed by atoms with Gasteiger partial charge in [-0.05, 0) is 36.4 Å². The number of anilines is 1. The predicted molar refractivity (Wildman–Crippen MR) is 186 cm³/mol. The standard InChI is InChI=1S/C41H28N4O/c1-4-12-27(13-5-1)34-26-35(43-40(42-34)29-14-6-2-7-15-29)28-20-22-31(23-21-28)45-36-19-11-10-18-32(36)38-37(45)25-24-33-39(38)46-41(44-33)30-16-8-3-9-17-30/h1-26,41,44H. The molecule has 0 radical (unpaired) electrons. The van der Waals surface area contributed by atoms with Gasteiger partial charge < -0.3 is 14.6 Å². The molecule has 5 heteroatoms. The number of para-hydroxylation sites is 1. The third kappa shape index (κ3) is 4.41. The van der Waals surface area contributed by atoms with Crippen LogP contribution < -0.4 is 10.1 Å². The number of benzene rings is 6. The van der Waals surface area contributed by atoms with Gasteiger partial charge in [0, 0.05) is 33.3 Å². The Kier molecular flexibility index (Phi) is 6.13. The number of aromatic nitrogens is 3. The van der Waals surface area contributed by atoms with Gasteiger partial charge >= 0.3 is 0 Å². The van der Waals surface area contributed by atoms with E-state index in [1.165, 1.54) is 0 Å². The first-order valence-electron chi connectivity index (χ1n) is 15.5. The second kappa shape index (κ2) is 10.8. The van der Waals surface area contributed by atoms with Gasteiger partial charge in [0.05, 0.1) is 33.5 Å². The summed E-state index contributed by atoms with van der Waals surface area (Å²) in [6.45, 7) is 0. The Labute approximate surface area is 266 Å². The number of ether oxygens (including phenoxy) is 1. The van der Waals surface area contributed by atoms with E-state index in [2.05, 4.69) is 113 Å². The lowest BCUT2D eigenvalue weighted by molar-refractivity contribution is 0.263. The second-order valence-electron chi connectivity index (χ2n) is 11.5. The van der Waals surface area contributed by atoms with Crippen molar-refractivity contribution < 1.29 is 4.74 Å². The molecule has 1 N–H and O–H groups in total. The van der Waals surface area contributed by atoms with Gasteiger partial charge in [-0.3, -0.25) is 0 Å². The number of hydrogen-bond acceptors (Lipinski definition) is 4. The summed E-state index contributed by atoms with van der Waals surface area (Å²) in [6, 6.07) is 54.3. The minimum atomic E-state index is -0.224. The van der Waals surface area contributed by atoms with E-state index in [0.29, 0.717) is 5.82 Å². The van der Waals surface area contributed by atoms with E-state index in [4.69, 9.17) is 14.7 Å². The van der Waals surface area contributed by atoms with Gasteiger partial charge in [-0.2, -0.15) is 0 Å². The molecule has 218 valence electrons. The molecule has 9 rings (SSSR count). The molecule has 0 saturated carbocycles. The van der Waals surface area contributed by atoms with Gasteiger partial charge in [0.2, 0.25) is 0 Å². The summed E-state index contributed by atoms with van der Waals surface area (Å²) in [4.78, 5) is 9.97. The molecule has 5 nitrogen and oxygen atoms in total. The SMILES string of the molecule is c1ccc(-c2cc(-c3ccc(-n4c5ccccc5c5c6c(ccc54)NC(c4ccccc4)O6)cc3)nc(-c3ccccc3)n2)cc1. The fraction of sp³-hybridized carbons (Fsp3) is 0.0244. The summed E-state index contributed by atoms with van der Waals surface area (Å²) >= 11 is 0. The first-order valence-corrected chi connectivity index (χ1v) is 15.5. The Bertz CT molecular complexity index is 2290. The van der Waals surface area contributed by atoms with Crippen LogP contribution in [0.3, 0.4) is 0 Å². The van der Waals surface area contributed by atoms with Crippen molar-refractivity contribution in [3.05, 3.63) is 163 Å².